The first kappa shape index (κ1) is 40.5. The van der Waals surface area contributed by atoms with E-state index in [4.69, 9.17) is 0 Å². The zero-order valence-electron chi connectivity index (χ0n) is 31.2. The summed E-state index contributed by atoms with van der Waals surface area (Å²) in [4.78, 5) is 69.4. The monoisotopic (exact) mass is 707 g/mol. The van der Waals surface area contributed by atoms with Crippen molar-refractivity contribution in [2.45, 2.75) is 142 Å². The number of piperidine rings is 1. The molecule has 5 amide bonds. The molecule has 2 aliphatic carbocycles. The number of hydrogen-bond donors (Lipinski definition) is 4. The van der Waals surface area contributed by atoms with E-state index in [1.807, 2.05) is 41.5 Å². The van der Waals surface area contributed by atoms with E-state index in [1.165, 1.54) is 4.90 Å². The number of Topliss-reactive ketones (excluding diaryl/α,β-unsaturated/α-hetero) is 1. The Kier molecular flexibility index (Phi) is 12.5. The van der Waals surface area contributed by atoms with Crippen molar-refractivity contribution >= 4 is 39.4 Å². The fourth-order valence-corrected chi connectivity index (χ4v) is 8.97. The molecule has 0 aromatic rings. The topological polar surface area (TPSA) is 171 Å². The fourth-order valence-electron chi connectivity index (χ4n) is 7.44. The van der Waals surface area contributed by atoms with Crippen molar-refractivity contribution in [2.24, 2.45) is 22.7 Å². The van der Waals surface area contributed by atoms with Gasteiger partial charge < -0.3 is 26.2 Å². The number of fused-ring (bicyclic) bond motifs is 1. The summed E-state index contributed by atoms with van der Waals surface area (Å²) in [6, 6.07) is -3.65. The number of carbonyl (C=O) groups excluding carboxylic acids is 5. The molecule has 2 saturated carbocycles. The average molecular weight is 708 g/mol. The summed E-state index contributed by atoms with van der Waals surface area (Å²) in [5.41, 5.74) is -1.95. The highest BCUT2D eigenvalue weighted by atomic mass is 32.2. The Morgan fingerprint density at radius 3 is 2.12 bits per heavy atom. The molecule has 0 radical (unpaired) electrons. The predicted octanol–water partition coefficient (Wildman–Crippen LogP) is 3.65. The van der Waals surface area contributed by atoms with Gasteiger partial charge in [0, 0.05) is 13.1 Å². The van der Waals surface area contributed by atoms with Gasteiger partial charge in [0.1, 0.15) is 12.1 Å². The smallest absolute Gasteiger partial charge is 0.315 e. The van der Waals surface area contributed by atoms with Crippen LogP contribution in [-0.4, -0.2) is 90.1 Å². The maximum Gasteiger partial charge on any atom is 0.315 e. The minimum absolute atomic E-state index is 0.0462. The van der Waals surface area contributed by atoms with E-state index in [0.29, 0.717) is 38.8 Å². The van der Waals surface area contributed by atoms with Crippen LogP contribution in [0.5, 0.6) is 0 Å². The van der Waals surface area contributed by atoms with E-state index in [1.54, 1.807) is 26.8 Å². The Morgan fingerprint density at radius 2 is 1.59 bits per heavy atom. The molecule has 12 nitrogen and oxygen atoms in total. The molecule has 1 saturated heterocycles. The lowest BCUT2D eigenvalue weighted by Crippen LogP contribution is -2.64. The number of ketones is 1. The van der Waals surface area contributed by atoms with Crippen LogP contribution in [0.2, 0.25) is 0 Å². The van der Waals surface area contributed by atoms with Gasteiger partial charge in [0.2, 0.25) is 17.6 Å². The third-order valence-corrected chi connectivity index (χ3v) is 13.6. The number of urea groups is 1. The van der Waals surface area contributed by atoms with Crippen LogP contribution < -0.4 is 21.3 Å². The van der Waals surface area contributed by atoms with Crippen LogP contribution >= 0.6 is 0 Å². The van der Waals surface area contributed by atoms with Gasteiger partial charge in [-0.1, -0.05) is 66.9 Å². The maximum absolute atomic E-state index is 14.4. The van der Waals surface area contributed by atoms with Crippen molar-refractivity contribution in [1.82, 2.24) is 26.2 Å². The van der Waals surface area contributed by atoms with E-state index < -0.39 is 73.2 Å². The average Bonchev–Trinajstić information content (AvgIpc) is 3.30. The van der Waals surface area contributed by atoms with E-state index >= 15 is 0 Å². The molecular weight excluding hydrogens is 646 g/mol. The van der Waals surface area contributed by atoms with Crippen molar-refractivity contribution in [3.63, 3.8) is 0 Å². The zero-order valence-corrected chi connectivity index (χ0v) is 32.0. The van der Waals surface area contributed by atoms with Gasteiger partial charge in [-0.15, -0.1) is 6.58 Å². The summed E-state index contributed by atoms with van der Waals surface area (Å²) >= 11 is 0. The minimum Gasteiger partial charge on any atom is -0.349 e. The second-order valence-corrected chi connectivity index (χ2v) is 19.8. The Hall–Kier alpha value is -2.96. The first-order valence-electron chi connectivity index (χ1n) is 17.9. The van der Waals surface area contributed by atoms with Crippen molar-refractivity contribution in [3.8, 4) is 0 Å². The first-order chi connectivity index (χ1) is 22.5. The number of likely N-dealkylation sites (tertiary alicyclic amines) is 1. The molecular formula is C36H61N5O7S. The number of allylic oxidation sites excluding steroid dienone is 1. The van der Waals surface area contributed by atoms with E-state index in [2.05, 4.69) is 27.8 Å². The van der Waals surface area contributed by atoms with E-state index in [9.17, 15) is 32.4 Å². The molecule has 0 aromatic heterocycles. The molecule has 49 heavy (non-hydrogen) atoms. The van der Waals surface area contributed by atoms with Gasteiger partial charge >= 0.3 is 6.03 Å². The van der Waals surface area contributed by atoms with Crippen LogP contribution in [0.25, 0.3) is 0 Å². The molecule has 5 atom stereocenters. The molecule has 278 valence electrons. The minimum atomic E-state index is -3.57. The number of carbonyl (C=O) groups is 5. The highest BCUT2D eigenvalue weighted by Gasteiger charge is 2.70. The summed E-state index contributed by atoms with van der Waals surface area (Å²) in [6.45, 7) is 20.7. The Balaban J connectivity index is 1.86. The third-order valence-electron chi connectivity index (χ3n) is 10.8. The molecule has 3 aliphatic rings. The molecule has 1 heterocycles. The van der Waals surface area contributed by atoms with Crippen LogP contribution in [-0.2, 0) is 29.0 Å². The van der Waals surface area contributed by atoms with Gasteiger partial charge in [-0.2, -0.15) is 0 Å². The Bertz CT molecular complexity index is 1390. The lowest BCUT2D eigenvalue weighted by Gasteiger charge is -2.41. The molecule has 3 unspecified atom stereocenters. The van der Waals surface area contributed by atoms with Crippen LogP contribution in [0.4, 0.5) is 4.79 Å². The zero-order chi connectivity index (χ0) is 37.2. The molecule has 0 bridgehead atoms. The van der Waals surface area contributed by atoms with Crippen molar-refractivity contribution in [3.05, 3.63) is 12.7 Å². The lowest BCUT2D eigenvalue weighted by molar-refractivity contribution is -0.145. The van der Waals surface area contributed by atoms with Crippen molar-refractivity contribution in [2.75, 3.05) is 18.8 Å². The van der Waals surface area contributed by atoms with Crippen LogP contribution in [0, 0.1) is 22.7 Å². The highest BCUT2D eigenvalue weighted by Crippen LogP contribution is 2.65. The molecule has 1 aliphatic heterocycles. The van der Waals surface area contributed by atoms with Gasteiger partial charge in [0.15, 0.2) is 9.84 Å². The number of amides is 5. The third kappa shape index (κ3) is 9.24. The largest absolute Gasteiger partial charge is 0.349 e. The molecule has 3 fully saturated rings. The Labute approximate surface area is 293 Å². The molecule has 3 rings (SSSR count). The summed E-state index contributed by atoms with van der Waals surface area (Å²) in [5, 5.41) is 11.2. The second kappa shape index (κ2) is 15.1. The second-order valence-electron chi connectivity index (χ2n) is 17.0. The van der Waals surface area contributed by atoms with Gasteiger partial charge in [-0.3, -0.25) is 19.2 Å². The summed E-state index contributed by atoms with van der Waals surface area (Å²) < 4.78 is 25.6. The van der Waals surface area contributed by atoms with Gasteiger partial charge in [-0.05, 0) is 75.5 Å². The maximum atomic E-state index is 14.4. The van der Waals surface area contributed by atoms with Gasteiger partial charge in [-0.25, -0.2) is 13.2 Å². The standard InChI is InChI=1S/C36H61N5O7S/c1-11-13-17-24(27(42)30(44)37-20-12-2)38-29(43)26-25-23(35(25,9)10)21-41(26)31(45)28(33(3,4)5)39-32(46)40-36(18-15-14-16-19-36)22-49(47,48)34(6,7)8/h11,23-26,28H,1,12-22H2,2-10H3,(H,37,44)(H,38,43)(H2,39,40,46)/t23?,24?,25?,26-,28+/m0/s1. The molecule has 0 spiro atoms. The highest BCUT2D eigenvalue weighted by molar-refractivity contribution is 7.92. The molecule has 0 aromatic carbocycles. The van der Waals surface area contributed by atoms with Crippen molar-refractivity contribution in [1.29, 1.82) is 0 Å². The normalized spacial score (nSPS) is 24.1. The quantitative estimate of drug-likeness (QED) is 0.158. The van der Waals surface area contributed by atoms with Crippen molar-refractivity contribution < 1.29 is 32.4 Å². The van der Waals surface area contributed by atoms with Crippen LogP contribution in [0.3, 0.4) is 0 Å². The Morgan fingerprint density at radius 1 is 0.980 bits per heavy atom. The number of nitrogens with one attached hydrogen (secondary N) is 4. The molecule has 4 N–H and O–H groups in total. The predicted molar refractivity (Wildman–Crippen MR) is 190 cm³/mol. The summed E-state index contributed by atoms with van der Waals surface area (Å²) in [7, 11) is -3.57. The number of nitrogens with zero attached hydrogens (tertiary/aromatic N) is 1. The van der Waals surface area contributed by atoms with Gasteiger partial charge in [0.05, 0.1) is 22.1 Å². The first-order valence-corrected chi connectivity index (χ1v) is 19.5. The van der Waals surface area contributed by atoms with Crippen LogP contribution in [0.1, 0.15) is 114 Å². The van der Waals surface area contributed by atoms with Crippen LogP contribution in [0.15, 0.2) is 12.7 Å². The van der Waals surface area contributed by atoms with E-state index in [-0.39, 0.29) is 29.4 Å². The number of rotatable bonds is 14. The van der Waals surface area contributed by atoms with Gasteiger partial charge in [0.25, 0.3) is 5.91 Å². The number of sulfone groups is 1. The molecule has 13 heteroatoms. The fraction of sp³-hybridized carbons (Fsp3) is 0.806. The SMILES string of the molecule is C=CCCC(NC(=O)[C@@H]1C2C(CN1C(=O)[C@@H](NC(=O)NC1(CS(=O)(=O)C(C)(C)C)CCCCC1)C(C)(C)C)C2(C)C)C(=O)C(=O)NCCC. The lowest BCUT2D eigenvalue weighted by atomic mass is 9.83. The number of hydrogen-bond acceptors (Lipinski definition) is 7. The summed E-state index contributed by atoms with van der Waals surface area (Å²) in [6.07, 6.45) is 6.38. The van der Waals surface area contributed by atoms with E-state index in [0.717, 1.165) is 19.3 Å². The summed E-state index contributed by atoms with van der Waals surface area (Å²) in [5.74, 6) is -2.77.